The molecule has 0 saturated carbocycles. The fourth-order valence-electron chi connectivity index (χ4n) is 2.42. The molecule has 0 amide bonds. The van der Waals surface area contributed by atoms with Gasteiger partial charge in [0.1, 0.15) is 0 Å². The van der Waals surface area contributed by atoms with Crippen LogP contribution in [0.2, 0.25) is 0 Å². The lowest BCUT2D eigenvalue weighted by Gasteiger charge is -2.06. The van der Waals surface area contributed by atoms with Gasteiger partial charge in [0.05, 0.1) is 11.3 Å². The van der Waals surface area contributed by atoms with Crippen LogP contribution in [-0.2, 0) is 9.53 Å². The van der Waals surface area contributed by atoms with E-state index in [0.29, 0.717) is 11.1 Å². The van der Waals surface area contributed by atoms with Crippen molar-refractivity contribution < 1.29 is 24.0 Å². The van der Waals surface area contributed by atoms with Gasteiger partial charge in [-0.3, -0.25) is 24.5 Å². The van der Waals surface area contributed by atoms with Gasteiger partial charge in [0, 0.05) is 34.1 Å². The molecule has 8 heteroatoms. The molecule has 146 valence electrons. The van der Waals surface area contributed by atoms with Crippen LogP contribution in [-0.4, -0.2) is 35.3 Å². The molecule has 0 unspecified atom stereocenters. The molecular weight excluding hydrogens is 382 g/mol. The molecule has 0 fully saturated rings. The van der Waals surface area contributed by atoms with Gasteiger partial charge in [-0.05, 0) is 25.3 Å². The van der Waals surface area contributed by atoms with E-state index < -0.39 is 23.3 Å². The maximum Gasteiger partial charge on any atom is 0.306 e. The largest absolute Gasteiger partial charge is 0.457 e. The summed E-state index contributed by atoms with van der Waals surface area (Å²) in [6.45, 7) is 1.04. The van der Waals surface area contributed by atoms with Crippen LogP contribution < -0.4 is 0 Å². The maximum atomic E-state index is 12.1. The second-order valence-corrected chi connectivity index (χ2v) is 6.87. The van der Waals surface area contributed by atoms with E-state index >= 15 is 0 Å². The molecule has 0 heterocycles. The standard InChI is InChI=1S/C20H19NO6S/c1-13-3-4-15(11-17(13)21(25)26)19(23)12-27-20(24)10-9-18(22)14-5-7-16(28-2)8-6-14/h3-8,11H,9-10,12H2,1-2H3. The van der Waals surface area contributed by atoms with Crippen LogP contribution >= 0.6 is 11.8 Å². The highest BCUT2D eigenvalue weighted by molar-refractivity contribution is 7.98. The second kappa shape index (κ2) is 9.80. The normalized spacial score (nSPS) is 10.4. The van der Waals surface area contributed by atoms with Crippen molar-refractivity contribution in [2.75, 3.05) is 12.9 Å². The molecule has 0 atom stereocenters. The van der Waals surface area contributed by atoms with Crippen LogP contribution in [0.4, 0.5) is 5.69 Å². The van der Waals surface area contributed by atoms with Crippen molar-refractivity contribution in [2.24, 2.45) is 0 Å². The van der Waals surface area contributed by atoms with Gasteiger partial charge < -0.3 is 4.74 Å². The zero-order valence-corrected chi connectivity index (χ0v) is 16.3. The van der Waals surface area contributed by atoms with Crippen LogP contribution in [0.1, 0.15) is 39.1 Å². The summed E-state index contributed by atoms with van der Waals surface area (Å²) in [5.74, 6) is -1.41. The number of esters is 1. The average Bonchev–Trinajstić information content (AvgIpc) is 2.70. The van der Waals surface area contributed by atoms with Gasteiger partial charge in [0.15, 0.2) is 12.4 Å². The second-order valence-electron chi connectivity index (χ2n) is 5.99. The minimum Gasteiger partial charge on any atom is -0.457 e. The van der Waals surface area contributed by atoms with E-state index in [9.17, 15) is 24.5 Å². The molecule has 0 N–H and O–H groups in total. The third kappa shape index (κ3) is 5.75. The van der Waals surface area contributed by atoms with Crippen molar-refractivity contribution in [1.82, 2.24) is 0 Å². The van der Waals surface area contributed by atoms with Crippen molar-refractivity contribution in [3.05, 3.63) is 69.3 Å². The molecule has 0 aliphatic rings. The lowest BCUT2D eigenvalue weighted by atomic mass is 10.1. The van der Waals surface area contributed by atoms with Gasteiger partial charge in [-0.15, -0.1) is 11.8 Å². The summed E-state index contributed by atoms with van der Waals surface area (Å²) in [6, 6.07) is 11.1. The van der Waals surface area contributed by atoms with Crippen LogP contribution in [0.3, 0.4) is 0 Å². The molecule has 0 saturated heterocycles. The number of nitrogens with zero attached hydrogens (tertiary/aromatic N) is 1. The number of rotatable bonds is 9. The number of benzene rings is 2. The Balaban J connectivity index is 1.84. The summed E-state index contributed by atoms with van der Waals surface area (Å²) in [5, 5.41) is 10.9. The third-order valence-corrected chi connectivity index (χ3v) is 4.80. The van der Waals surface area contributed by atoms with Gasteiger partial charge in [-0.1, -0.05) is 24.3 Å². The van der Waals surface area contributed by atoms with Crippen LogP contribution in [0.15, 0.2) is 47.4 Å². The van der Waals surface area contributed by atoms with Gasteiger partial charge in [-0.25, -0.2) is 0 Å². The van der Waals surface area contributed by atoms with Gasteiger partial charge in [0.25, 0.3) is 5.69 Å². The number of aryl methyl sites for hydroxylation is 1. The molecule has 2 rings (SSSR count). The lowest BCUT2D eigenvalue weighted by Crippen LogP contribution is -2.15. The Hall–Kier alpha value is -3.00. The molecule has 0 aliphatic heterocycles. The molecule has 0 aliphatic carbocycles. The number of hydrogen-bond acceptors (Lipinski definition) is 7. The van der Waals surface area contributed by atoms with E-state index in [4.69, 9.17) is 4.74 Å². The number of ether oxygens (including phenoxy) is 1. The predicted molar refractivity (Wildman–Crippen MR) is 105 cm³/mol. The average molecular weight is 401 g/mol. The Morgan fingerprint density at radius 1 is 1.00 bits per heavy atom. The molecule has 0 aromatic heterocycles. The molecular formula is C20H19NO6S. The van der Waals surface area contributed by atoms with Crippen LogP contribution in [0.25, 0.3) is 0 Å². The van der Waals surface area contributed by atoms with Crippen molar-refractivity contribution in [2.45, 2.75) is 24.7 Å². The Labute approximate surface area is 166 Å². The van der Waals surface area contributed by atoms with Crippen molar-refractivity contribution in [3.8, 4) is 0 Å². The van der Waals surface area contributed by atoms with E-state index in [0.717, 1.165) is 11.0 Å². The Bertz CT molecular complexity index is 907. The molecule has 28 heavy (non-hydrogen) atoms. The first-order valence-corrected chi connectivity index (χ1v) is 9.65. The molecule has 2 aromatic carbocycles. The zero-order chi connectivity index (χ0) is 20.7. The zero-order valence-electron chi connectivity index (χ0n) is 15.5. The first-order chi connectivity index (χ1) is 13.3. The maximum absolute atomic E-state index is 12.1. The summed E-state index contributed by atoms with van der Waals surface area (Å²) >= 11 is 1.56. The van der Waals surface area contributed by atoms with Gasteiger partial charge in [0.2, 0.25) is 5.78 Å². The molecule has 2 aromatic rings. The molecule has 0 spiro atoms. The smallest absolute Gasteiger partial charge is 0.306 e. The Kier molecular flexibility index (Phi) is 7.45. The number of carbonyl (C=O) groups is 3. The van der Waals surface area contributed by atoms with E-state index in [1.165, 1.54) is 12.1 Å². The van der Waals surface area contributed by atoms with Crippen molar-refractivity contribution in [3.63, 3.8) is 0 Å². The minimum absolute atomic E-state index is 0.0261. The highest BCUT2D eigenvalue weighted by atomic mass is 32.2. The quantitative estimate of drug-likeness (QED) is 0.205. The minimum atomic E-state index is -0.677. The SMILES string of the molecule is CSc1ccc(C(=O)CCC(=O)OCC(=O)c2ccc(C)c([N+](=O)[O-])c2)cc1. The first-order valence-electron chi connectivity index (χ1n) is 8.43. The number of carbonyl (C=O) groups excluding carboxylic acids is 3. The van der Waals surface area contributed by atoms with Crippen LogP contribution in [0, 0.1) is 17.0 Å². The summed E-state index contributed by atoms with van der Waals surface area (Å²) in [5.41, 5.74) is 0.863. The number of Topliss-reactive ketones (excluding diaryl/α,β-unsaturated/α-hetero) is 2. The fourth-order valence-corrected chi connectivity index (χ4v) is 2.83. The molecule has 0 radical (unpaired) electrons. The summed E-state index contributed by atoms with van der Waals surface area (Å²) in [6.07, 6.45) is 1.76. The van der Waals surface area contributed by atoms with E-state index in [1.54, 1.807) is 30.8 Å². The van der Waals surface area contributed by atoms with Crippen molar-refractivity contribution >= 4 is 35.0 Å². The highest BCUT2D eigenvalue weighted by Crippen LogP contribution is 2.20. The molecule has 7 nitrogen and oxygen atoms in total. The Morgan fingerprint density at radius 2 is 1.64 bits per heavy atom. The predicted octanol–water partition coefficient (Wildman–Crippen LogP) is 4.01. The number of nitro benzene ring substituents is 1. The molecule has 0 bridgehead atoms. The van der Waals surface area contributed by atoms with Gasteiger partial charge in [-0.2, -0.15) is 0 Å². The van der Waals surface area contributed by atoms with E-state index in [2.05, 4.69) is 0 Å². The summed E-state index contributed by atoms with van der Waals surface area (Å²) < 4.78 is 4.90. The topological polar surface area (TPSA) is 104 Å². The van der Waals surface area contributed by atoms with E-state index in [-0.39, 0.29) is 29.9 Å². The summed E-state index contributed by atoms with van der Waals surface area (Å²) in [4.78, 5) is 47.4. The van der Waals surface area contributed by atoms with Crippen molar-refractivity contribution in [1.29, 1.82) is 0 Å². The highest BCUT2D eigenvalue weighted by Gasteiger charge is 2.17. The first kappa shape index (κ1) is 21.3. The van der Waals surface area contributed by atoms with Gasteiger partial charge >= 0.3 is 5.97 Å². The third-order valence-electron chi connectivity index (χ3n) is 4.06. The number of nitro groups is 1. The number of hydrogen-bond donors (Lipinski definition) is 0. The number of ketones is 2. The van der Waals surface area contributed by atoms with E-state index in [1.807, 2.05) is 18.4 Å². The lowest BCUT2D eigenvalue weighted by molar-refractivity contribution is -0.385. The number of thioether (sulfide) groups is 1. The fraction of sp³-hybridized carbons (Fsp3) is 0.250. The van der Waals surface area contributed by atoms with Crippen LogP contribution in [0.5, 0.6) is 0 Å². The summed E-state index contributed by atoms with van der Waals surface area (Å²) in [7, 11) is 0. The Morgan fingerprint density at radius 3 is 2.25 bits per heavy atom. The monoisotopic (exact) mass is 401 g/mol.